The number of carbonyl (C=O) groups is 2. The van der Waals surface area contributed by atoms with Gasteiger partial charge < -0.3 is 19.6 Å². The zero-order valence-corrected chi connectivity index (χ0v) is 28.5. The van der Waals surface area contributed by atoms with E-state index >= 15 is 0 Å². The highest BCUT2D eigenvalue weighted by molar-refractivity contribution is 7.13. The Hall–Kier alpha value is -5.02. The summed E-state index contributed by atoms with van der Waals surface area (Å²) in [5.41, 5.74) is 1.19. The topological polar surface area (TPSA) is 134 Å². The predicted molar refractivity (Wildman–Crippen MR) is 186 cm³/mol. The highest BCUT2D eigenvalue weighted by Gasteiger charge is 2.34. The average molecular weight is 708 g/mol. The smallest absolute Gasteiger partial charge is 0.434 e. The van der Waals surface area contributed by atoms with Gasteiger partial charge in [-0.2, -0.15) is 13.2 Å². The number of thiazole rings is 1. The molecule has 0 radical (unpaired) electrons. The zero-order chi connectivity index (χ0) is 35.7. The lowest BCUT2D eigenvalue weighted by molar-refractivity contribution is -0.140. The van der Waals surface area contributed by atoms with Gasteiger partial charge in [0.2, 0.25) is 5.43 Å². The van der Waals surface area contributed by atoms with E-state index in [-0.39, 0.29) is 33.4 Å². The van der Waals surface area contributed by atoms with Crippen LogP contribution in [0.2, 0.25) is 0 Å². The van der Waals surface area contributed by atoms with E-state index in [0.717, 1.165) is 48.3 Å². The molecular weight excluding hydrogens is 671 g/mol. The van der Waals surface area contributed by atoms with E-state index in [4.69, 9.17) is 0 Å². The highest BCUT2D eigenvalue weighted by Crippen LogP contribution is 2.39. The standard InChI is InChI=1S/C35H36F3N7O4S/c1-4-26-30(33(47)48)31(46)24-14-20(10-11-27(24)45(26)22-9-7-13-44(18-22)17-21-8-6-12-43(21)3)25-16-40-29(42-34(49)39-5-2)15-23(25)32-41-28(19-50-32)35(36,37)38/h6,8,10-12,14-16,19,22H,4-5,7,9,13,17-18H2,1-3H3,(H,47,48)(H2,39,40,42,49)/t22-/m1/s1. The lowest BCUT2D eigenvalue weighted by Crippen LogP contribution is -2.38. The molecule has 1 atom stereocenters. The van der Waals surface area contributed by atoms with Crippen molar-refractivity contribution in [2.45, 2.75) is 51.9 Å². The zero-order valence-electron chi connectivity index (χ0n) is 27.7. The van der Waals surface area contributed by atoms with Crippen molar-refractivity contribution in [2.75, 3.05) is 25.0 Å². The van der Waals surface area contributed by atoms with Gasteiger partial charge in [-0.25, -0.2) is 19.6 Å². The van der Waals surface area contributed by atoms with Gasteiger partial charge in [-0.3, -0.25) is 15.0 Å². The molecule has 0 spiro atoms. The highest BCUT2D eigenvalue weighted by atomic mass is 32.1. The van der Waals surface area contributed by atoms with Crippen LogP contribution in [-0.4, -0.2) is 60.7 Å². The number of pyridine rings is 2. The quantitative estimate of drug-likeness (QED) is 0.154. The third-order valence-electron chi connectivity index (χ3n) is 8.96. The van der Waals surface area contributed by atoms with E-state index in [2.05, 4.69) is 36.1 Å². The Labute approximate surface area is 289 Å². The normalized spacial score (nSPS) is 15.4. The molecule has 4 aromatic heterocycles. The first-order valence-corrected chi connectivity index (χ1v) is 17.1. The number of anilines is 1. The molecule has 5 aromatic rings. The van der Waals surface area contributed by atoms with Crippen molar-refractivity contribution in [1.82, 2.24) is 29.3 Å². The number of carboxylic acids is 1. The molecule has 1 saturated heterocycles. The summed E-state index contributed by atoms with van der Waals surface area (Å²) in [6.45, 7) is 6.17. The second-order valence-corrected chi connectivity index (χ2v) is 13.0. The van der Waals surface area contributed by atoms with Crippen molar-refractivity contribution in [3.05, 3.63) is 87.0 Å². The molecular formula is C35H36F3N7O4S. The number of fused-ring (bicyclic) bond motifs is 1. The summed E-state index contributed by atoms with van der Waals surface area (Å²) in [5.74, 6) is -1.24. The fraction of sp³-hybridized carbons (Fsp3) is 0.343. The first-order chi connectivity index (χ1) is 23.9. The second-order valence-electron chi connectivity index (χ2n) is 12.2. The molecule has 2 amide bonds. The third-order valence-corrected chi connectivity index (χ3v) is 9.83. The Morgan fingerprint density at radius 2 is 1.94 bits per heavy atom. The Morgan fingerprint density at radius 1 is 1.14 bits per heavy atom. The maximum Gasteiger partial charge on any atom is 0.434 e. The van der Waals surface area contributed by atoms with Gasteiger partial charge >= 0.3 is 18.2 Å². The number of piperidine rings is 1. The summed E-state index contributed by atoms with van der Waals surface area (Å²) >= 11 is 0.781. The van der Waals surface area contributed by atoms with Gasteiger partial charge in [0.25, 0.3) is 0 Å². The number of benzene rings is 1. The molecule has 0 unspecified atom stereocenters. The molecule has 0 aliphatic carbocycles. The molecule has 1 aliphatic rings. The van der Waals surface area contributed by atoms with E-state index < -0.39 is 29.3 Å². The monoisotopic (exact) mass is 707 g/mol. The van der Waals surface area contributed by atoms with Crippen molar-refractivity contribution < 1.29 is 27.9 Å². The van der Waals surface area contributed by atoms with Gasteiger partial charge in [-0.05, 0) is 68.6 Å². The van der Waals surface area contributed by atoms with Gasteiger partial charge in [-0.15, -0.1) is 11.3 Å². The molecule has 3 N–H and O–H groups in total. The summed E-state index contributed by atoms with van der Waals surface area (Å²) in [7, 11) is 2.00. The van der Waals surface area contributed by atoms with Crippen molar-refractivity contribution >= 4 is 40.1 Å². The first kappa shape index (κ1) is 34.8. The number of alkyl halides is 3. The van der Waals surface area contributed by atoms with E-state index in [1.54, 1.807) is 25.1 Å². The van der Waals surface area contributed by atoms with Crippen LogP contribution >= 0.6 is 11.3 Å². The Morgan fingerprint density at radius 3 is 2.60 bits per heavy atom. The van der Waals surface area contributed by atoms with Crippen molar-refractivity contribution in [3.63, 3.8) is 0 Å². The maximum atomic E-state index is 14.0. The minimum Gasteiger partial charge on any atom is -0.477 e. The summed E-state index contributed by atoms with van der Waals surface area (Å²) < 4.78 is 44.8. The largest absolute Gasteiger partial charge is 0.477 e. The van der Waals surface area contributed by atoms with Crippen LogP contribution < -0.4 is 16.1 Å². The van der Waals surface area contributed by atoms with Gasteiger partial charge in [0.1, 0.15) is 16.4 Å². The molecule has 1 fully saturated rings. The minimum atomic E-state index is -4.67. The van der Waals surface area contributed by atoms with Crippen LogP contribution in [-0.2, 0) is 26.2 Å². The fourth-order valence-electron chi connectivity index (χ4n) is 6.67. The molecule has 1 aromatic carbocycles. The lowest BCUT2D eigenvalue weighted by Gasteiger charge is -2.36. The van der Waals surface area contributed by atoms with E-state index in [1.165, 1.54) is 12.3 Å². The van der Waals surface area contributed by atoms with E-state index in [9.17, 15) is 32.7 Å². The van der Waals surface area contributed by atoms with E-state index in [1.807, 2.05) is 30.8 Å². The molecule has 1 aliphatic heterocycles. The van der Waals surface area contributed by atoms with Gasteiger partial charge in [0.05, 0.1) is 5.52 Å². The number of hydrogen-bond acceptors (Lipinski definition) is 7. The van der Waals surface area contributed by atoms with Crippen molar-refractivity contribution in [3.8, 4) is 21.7 Å². The molecule has 50 heavy (non-hydrogen) atoms. The van der Waals surface area contributed by atoms with Crippen LogP contribution in [0.15, 0.2) is 59.0 Å². The molecule has 6 rings (SSSR count). The van der Waals surface area contributed by atoms with Crippen molar-refractivity contribution in [1.29, 1.82) is 0 Å². The second kappa shape index (κ2) is 14.1. The number of hydrogen-bond donors (Lipinski definition) is 3. The number of halogens is 3. The molecule has 11 nitrogen and oxygen atoms in total. The van der Waals surface area contributed by atoms with Crippen LogP contribution in [0, 0.1) is 0 Å². The molecule has 15 heteroatoms. The lowest BCUT2D eigenvalue weighted by atomic mass is 9.96. The Bertz CT molecular complexity index is 2140. The summed E-state index contributed by atoms with van der Waals surface area (Å²) in [6, 6.07) is 9.92. The number of amides is 2. The van der Waals surface area contributed by atoms with Gasteiger partial charge in [-0.1, -0.05) is 13.0 Å². The maximum absolute atomic E-state index is 14.0. The summed E-state index contributed by atoms with van der Waals surface area (Å²) in [6.07, 6.45) is 0.712. The van der Waals surface area contributed by atoms with Gasteiger partial charge in [0.15, 0.2) is 5.69 Å². The fourth-order valence-corrected chi connectivity index (χ4v) is 7.52. The molecule has 0 bridgehead atoms. The number of nitrogens with zero attached hydrogens (tertiary/aromatic N) is 5. The van der Waals surface area contributed by atoms with Crippen LogP contribution in [0.25, 0.3) is 32.6 Å². The number of urea groups is 1. The number of likely N-dealkylation sites (tertiary alicyclic amines) is 1. The Kier molecular flexibility index (Phi) is 9.80. The van der Waals surface area contributed by atoms with Crippen LogP contribution in [0.4, 0.5) is 23.8 Å². The minimum absolute atomic E-state index is 0.0271. The van der Waals surface area contributed by atoms with Gasteiger partial charge in [0, 0.05) is 78.4 Å². The molecule has 5 heterocycles. The molecule has 0 saturated carbocycles. The predicted octanol–water partition coefficient (Wildman–Crippen LogP) is 6.78. The van der Waals surface area contributed by atoms with Crippen LogP contribution in [0.3, 0.4) is 0 Å². The molecule has 262 valence electrons. The van der Waals surface area contributed by atoms with Crippen LogP contribution in [0.5, 0.6) is 0 Å². The first-order valence-electron chi connectivity index (χ1n) is 16.2. The number of aryl methyl sites for hydroxylation is 1. The number of aromatic nitrogens is 4. The Balaban J connectivity index is 1.49. The average Bonchev–Trinajstić information content (AvgIpc) is 3.74. The number of carbonyl (C=O) groups excluding carboxylic acids is 1. The summed E-state index contributed by atoms with van der Waals surface area (Å²) in [5, 5.41) is 16.6. The summed E-state index contributed by atoms with van der Waals surface area (Å²) in [4.78, 5) is 49.4. The number of rotatable bonds is 9. The third kappa shape index (κ3) is 6.87. The number of carboxylic acid groups (broad SMARTS) is 1. The number of nitrogens with one attached hydrogen (secondary N) is 2. The SMILES string of the molecule is CCNC(=O)Nc1cc(-c2nc(C(F)(F)F)cs2)c(-c2ccc3c(c2)c(=O)c(C(=O)O)c(CC)n3[C@@H]2CCCN(Cc3cccn3C)C2)cn1. The van der Waals surface area contributed by atoms with E-state index in [0.29, 0.717) is 41.8 Å². The number of aromatic carboxylic acids is 1. The van der Waals surface area contributed by atoms with Crippen molar-refractivity contribution in [2.24, 2.45) is 7.05 Å². The van der Waals surface area contributed by atoms with Crippen LogP contribution in [0.1, 0.15) is 60.2 Å².